The SMILES string of the molecule is CC(CC(=O)NCc1ccccc1OCCN(C)C)C1CCNCC1. The molecular weight excluding hydrogens is 314 g/mol. The number of amides is 1. The van der Waals surface area contributed by atoms with E-state index in [2.05, 4.69) is 22.5 Å². The van der Waals surface area contributed by atoms with Crippen molar-refractivity contribution in [1.82, 2.24) is 15.5 Å². The van der Waals surface area contributed by atoms with Crippen LogP contribution in [0.3, 0.4) is 0 Å². The van der Waals surface area contributed by atoms with Gasteiger partial charge in [0, 0.05) is 25.1 Å². The van der Waals surface area contributed by atoms with Crippen LogP contribution >= 0.6 is 0 Å². The highest BCUT2D eigenvalue weighted by Crippen LogP contribution is 2.24. The van der Waals surface area contributed by atoms with E-state index in [0.29, 0.717) is 31.4 Å². The van der Waals surface area contributed by atoms with Crippen molar-refractivity contribution in [3.05, 3.63) is 29.8 Å². The van der Waals surface area contributed by atoms with Crippen LogP contribution in [0, 0.1) is 11.8 Å². The monoisotopic (exact) mass is 347 g/mol. The molecule has 1 aromatic carbocycles. The van der Waals surface area contributed by atoms with Crippen LogP contribution in [0.4, 0.5) is 0 Å². The van der Waals surface area contributed by atoms with E-state index in [9.17, 15) is 4.79 Å². The Bertz CT molecular complexity index is 527. The van der Waals surface area contributed by atoms with Gasteiger partial charge in [-0.3, -0.25) is 4.79 Å². The molecular formula is C20H33N3O2. The van der Waals surface area contributed by atoms with Crippen LogP contribution in [0.5, 0.6) is 5.75 Å². The number of rotatable bonds is 9. The van der Waals surface area contributed by atoms with Crippen LogP contribution in [-0.4, -0.2) is 51.1 Å². The van der Waals surface area contributed by atoms with Crippen molar-refractivity contribution in [3.63, 3.8) is 0 Å². The number of nitrogens with one attached hydrogen (secondary N) is 2. The van der Waals surface area contributed by atoms with Crippen LogP contribution in [0.15, 0.2) is 24.3 Å². The van der Waals surface area contributed by atoms with Crippen LogP contribution in [0.2, 0.25) is 0 Å². The number of likely N-dealkylation sites (N-methyl/N-ethyl adjacent to an activating group) is 1. The molecule has 1 aliphatic heterocycles. The molecule has 140 valence electrons. The number of para-hydroxylation sites is 1. The van der Waals surface area contributed by atoms with Crippen molar-refractivity contribution in [3.8, 4) is 5.75 Å². The van der Waals surface area contributed by atoms with Gasteiger partial charge in [0.05, 0.1) is 0 Å². The maximum absolute atomic E-state index is 12.3. The van der Waals surface area contributed by atoms with E-state index in [1.165, 1.54) is 12.8 Å². The predicted molar refractivity (Wildman–Crippen MR) is 102 cm³/mol. The number of piperidine rings is 1. The molecule has 1 aliphatic rings. The van der Waals surface area contributed by atoms with Gasteiger partial charge in [-0.1, -0.05) is 25.1 Å². The number of ether oxygens (including phenoxy) is 1. The summed E-state index contributed by atoms with van der Waals surface area (Å²) in [4.78, 5) is 14.4. The summed E-state index contributed by atoms with van der Waals surface area (Å²) in [6.45, 7) is 6.39. The van der Waals surface area contributed by atoms with Gasteiger partial charge in [0.15, 0.2) is 0 Å². The number of nitrogens with zero attached hydrogens (tertiary/aromatic N) is 1. The van der Waals surface area contributed by atoms with E-state index >= 15 is 0 Å². The number of benzene rings is 1. The van der Waals surface area contributed by atoms with Gasteiger partial charge in [-0.25, -0.2) is 0 Å². The first-order valence-electron chi connectivity index (χ1n) is 9.39. The average molecular weight is 348 g/mol. The Balaban J connectivity index is 1.78. The number of carbonyl (C=O) groups excluding carboxylic acids is 1. The lowest BCUT2D eigenvalue weighted by molar-refractivity contribution is -0.122. The molecule has 1 atom stereocenters. The van der Waals surface area contributed by atoms with Crippen molar-refractivity contribution in [2.75, 3.05) is 40.3 Å². The lowest BCUT2D eigenvalue weighted by Crippen LogP contribution is -2.33. The number of carbonyl (C=O) groups is 1. The fourth-order valence-corrected chi connectivity index (χ4v) is 3.27. The van der Waals surface area contributed by atoms with Crippen molar-refractivity contribution in [1.29, 1.82) is 0 Å². The second kappa shape index (κ2) is 10.4. The quantitative estimate of drug-likeness (QED) is 0.719. The number of hydrogen-bond acceptors (Lipinski definition) is 4. The third-order valence-corrected chi connectivity index (χ3v) is 4.94. The zero-order valence-corrected chi connectivity index (χ0v) is 15.9. The van der Waals surface area contributed by atoms with E-state index in [-0.39, 0.29) is 5.91 Å². The molecule has 25 heavy (non-hydrogen) atoms. The minimum absolute atomic E-state index is 0.133. The van der Waals surface area contributed by atoms with E-state index in [0.717, 1.165) is 30.9 Å². The lowest BCUT2D eigenvalue weighted by Gasteiger charge is -2.27. The predicted octanol–water partition coefficient (Wildman–Crippen LogP) is 2.27. The minimum atomic E-state index is 0.133. The van der Waals surface area contributed by atoms with Crippen LogP contribution in [-0.2, 0) is 11.3 Å². The third kappa shape index (κ3) is 7.04. The third-order valence-electron chi connectivity index (χ3n) is 4.94. The van der Waals surface area contributed by atoms with Gasteiger partial charge < -0.3 is 20.3 Å². The maximum Gasteiger partial charge on any atom is 0.220 e. The van der Waals surface area contributed by atoms with Gasteiger partial charge in [-0.05, 0) is 57.9 Å². The molecule has 1 unspecified atom stereocenters. The normalized spacial score (nSPS) is 16.6. The molecule has 5 heteroatoms. The molecule has 5 nitrogen and oxygen atoms in total. The first kappa shape index (κ1) is 19.7. The van der Waals surface area contributed by atoms with Crippen LogP contribution in [0.1, 0.15) is 31.7 Å². The molecule has 1 amide bonds. The van der Waals surface area contributed by atoms with Gasteiger partial charge in [-0.2, -0.15) is 0 Å². The topological polar surface area (TPSA) is 53.6 Å². The van der Waals surface area contributed by atoms with Gasteiger partial charge in [0.1, 0.15) is 12.4 Å². The largest absolute Gasteiger partial charge is 0.492 e. The number of hydrogen-bond donors (Lipinski definition) is 2. The first-order chi connectivity index (χ1) is 12.1. The summed E-state index contributed by atoms with van der Waals surface area (Å²) < 4.78 is 5.86. The molecule has 0 aliphatic carbocycles. The molecule has 0 bridgehead atoms. The fourth-order valence-electron chi connectivity index (χ4n) is 3.27. The van der Waals surface area contributed by atoms with Gasteiger partial charge >= 0.3 is 0 Å². The zero-order chi connectivity index (χ0) is 18.1. The molecule has 2 N–H and O–H groups in total. The van der Waals surface area contributed by atoms with Gasteiger partial charge in [0.25, 0.3) is 0 Å². The van der Waals surface area contributed by atoms with Gasteiger partial charge in [0.2, 0.25) is 5.91 Å². The lowest BCUT2D eigenvalue weighted by atomic mass is 9.84. The van der Waals surface area contributed by atoms with Gasteiger partial charge in [-0.15, -0.1) is 0 Å². The molecule has 0 spiro atoms. The summed E-state index contributed by atoms with van der Waals surface area (Å²) in [5.41, 5.74) is 1.03. The van der Waals surface area contributed by atoms with Crippen molar-refractivity contribution in [2.24, 2.45) is 11.8 Å². The summed E-state index contributed by atoms with van der Waals surface area (Å²) in [5.74, 6) is 2.09. The minimum Gasteiger partial charge on any atom is -0.492 e. The van der Waals surface area contributed by atoms with E-state index < -0.39 is 0 Å². The van der Waals surface area contributed by atoms with E-state index in [1.807, 2.05) is 38.4 Å². The van der Waals surface area contributed by atoms with Crippen LogP contribution in [0.25, 0.3) is 0 Å². The van der Waals surface area contributed by atoms with Crippen molar-refractivity contribution < 1.29 is 9.53 Å². The Morgan fingerprint density at radius 1 is 1.32 bits per heavy atom. The highest BCUT2D eigenvalue weighted by molar-refractivity contribution is 5.76. The maximum atomic E-state index is 12.3. The Morgan fingerprint density at radius 2 is 2.04 bits per heavy atom. The average Bonchev–Trinajstić information content (AvgIpc) is 2.61. The second-order valence-corrected chi connectivity index (χ2v) is 7.31. The molecule has 0 aromatic heterocycles. The molecule has 0 saturated carbocycles. The molecule has 1 aromatic rings. The molecule has 0 radical (unpaired) electrons. The smallest absolute Gasteiger partial charge is 0.220 e. The summed E-state index contributed by atoms with van der Waals surface area (Å²) in [6.07, 6.45) is 2.96. The summed E-state index contributed by atoms with van der Waals surface area (Å²) in [7, 11) is 4.05. The summed E-state index contributed by atoms with van der Waals surface area (Å²) in [5, 5.41) is 6.45. The van der Waals surface area contributed by atoms with E-state index in [1.54, 1.807) is 0 Å². The standard InChI is InChI=1S/C20H33N3O2/c1-16(17-8-10-21-11-9-17)14-20(24)22-15-18-6-4-5-7-19(18)25-13-12-23(2)3/h4-7,16-17,21H,8-15H2,1-3H3,(H,22,24). The summed E-state index contributed by atoms with van der Waals surface area (Å²) in [6, 6.07) is 7.93. The fraction of sp³-hybridized carbons (Fsp3) is 0.650. The highest BCUT2D eigenvalue weighted by atomic mass is 16.5. The zero-order valence-electron chi connectivity index (χ0n) is 15.9. The Labute approximate surface area is 152 Å². The Kier molecular flexibility index (Phi) is 8.22. The summed E-state index contributed by atoms with van der Waals surface area (Å²) >= 11 is 0. The molecule has 2 rings (SSSR count). The Hall–Kier alpha value is -1.59. The highest BCUT2D eigenvalue weighted by Gasteiger charge is 2.21. The van der Waals surface area contributed by atoms with Crippen LogP contribution < -0.4 is 15.4 Å². The molecule has 1 heterocycles. The second-order valence-electron chi connectivity index (χ2n) is 7.31. The van der Waals surface area contributed by atoms with Crippen molar-refractivity contribution >= 4 is 5.91 Å². The van der Waals surface area contributed by atoms with E-state index in [4.69, 9.17) is 4.74 Å². The molecule has 1 saturated heterocycles. The molecule has 1 fully saturated rings. The first-order valence-corrected chi connectivity index (χ1v) is 9.39. The van der Waals surface area contributed by atoms with Crippen molar-refractivity contribution in [2.45, 2.75) is 32.7 Å². The Morgan fingerprint density at radius 3 is 2.76 bits per heavy atom.